The molecule has 1 aliphatic rings. The summed E-state index contributed by atoms with van der Waals surface area (Å²) in [4.78, 5) is 23.3. The van der Waals surface area contributed by atoms with Crippen molar-refractivity contribution in [3.63, 3.8) is 0 Å². The third kappa shape index (κ3) is 4.68. The molecule has 0 spiro atoms. The van der Waals surface area contributed by atoms with Crippen LogP contribution in [-0.4, -0.2) is 39.0 Å². The van der Waals surface area contributed by atoms with Crippen LogP contribution in [0.5, 0.6) is 0 Å². The van der Waals surface area contributed by atoms with Crippen LogP contribution in [0.1, 0.15) is 46.1 Å². The second-order valence-corrected chi connectivity index (χ2v) is 8.26. The number of aromatic nitrogens is 3. The number of carbonyl (C=O) groups excluding carboxylic acids is 1. The Morgan fingerprint density at radius 3 is 2.91 bits per heavy atom. The lowest BCUT2D eigenvalue weighted by molar-refractivity contribution is 0.0913. The summed E-state index contributed by atoms with van der Waals surface area (Å²) in [5.41, 5.74) is 4.14. The first-order valence-electron chi connectivity index (χ1n) is 10.9. The van der Waals surface area contributed by atoms with Crippen molar-refractivity contribution in [2.75, 3.05) is 13.1 Å². The van der Waals surface area contributed by atoms with Gasteiger partial charge in [-0.25, -0.2) is 0 Å². The molecule has 4 heterocycles. The number of benzene rings is 1. The maximum Gasteiger partial charge on any atom is 0.290 e. The fourth-order valence-electron chi connectivity index (χ4n) is 4.28. The molecule has 0 aliphatic carbocycles. The smallest absolute Gasteiger partial charge is 0.290 e. The lowest BCUT2D eigenvalue weighted by Gasteiger charge is -2.31. The van der Waals surface area contributed by atoms with Gasteiger partial charge in [0.15, 0.2) is 0 Å². The molecule has 4 aromatic rings. The van der Waals surface area contributed by atoms with Crippen molar-refractivity contribution in [1.29, 1.82) is 0 Å². The number of amides is 1. The molecular formula is C25H25N5O2. The Labute approximate surface area is 186 Å². The predicted molar refractivity (Wildman–Crippen MR) is 121 cm³/mol. The van der Waals surface area contributed by atoms with E-state index in [4.69, 9.17) is 4.52 Å². The maximum absolute atomic E-state index is 12.5. The van der Waals surface area contributed by atoms with E-state index in [9.17, 15) is 4.79 Å². The molecule has 3 aromatic heterocycles. The van der Waals surface area contributed by atoms with Crippen molar-refractivity contribution < 1.29 is 9.32 Å². The van der Waals surface area contributed by atoms with Gasteiger partial charge >= 0.3 is 0 Å². The molecule has 7 heteroatoms. The Balaban J connectivity index is 1.20. The topological polar surface area (TPSA) is 84.2 Å². The minimum atomic E-state index is -0.252. The first-order chi connectivity index (χ1) is 15.7. The SMILES string of the molecule is O=C(NCc1ccncc1)c1cc([C@@H]2CCCN(Cc3ccc4ncccc4c3)C2)no1. The van der Waals surface area contributed by atoms with Crippen LogP contribution in [0.4, 0.5) is 0 Å². The number of nitrogens with one attached hydrogen (secondary N) is 1. The van der Waals surface area contributed by atoms with Gasteiger partial charge < -0.3 is 9.84 Å². The van der Waals surface area contributed by atoms with Crippen LogP contribution in [0, 0.1) is 0 Å². The number of piperidine rings is 1. The fraction of sp³-hybridized carbons (Fsp3) is 0.280. The van der Waals surface area contributed by atoms with Gasteiger partial charge in [-0.3, -0.25) is 19.7 Å². The summed E-state index contributed by atoms with van der Waals surface area (Å²) in [6, 6.07) is 16.1. The van der Waals surface area contributed by atoms with Crippen LogP contribution in [0.3, 0.4) is 0 Å². The van der Waals surface area contributed by atoms with E-state index in [-0.39, 0.29) is 17.6 Å². The Morgan fingerprint density at radius 2 is 2.00 bits per heavy atom. The minimum Gasteiger partial charge on any atom is -0.351 e. The minimum absolute atomic E-state index is 0.252. The summed E-state index contributed by atoms with van der Waals surface area (Å²) in [6.07, 6.45) is 7.37. The molecule has 1 fully saturated rings. The Hall–Kier alpha value is -3.58. The molecular weight excluding hydrogens is 402 g/mol. The van der Waals surface area contributed by atoms with Crippen molar-refractivity contribution in [1.82, 2.24) is 25.3 Å². The molecule has 7 nitrogen and oxygen atoms in total. The molecule has 0 bridgehead atoms. The molecule has 1 atom stereocenters. The number of hydrogen-bond donors (Lipinski definition) is 1. The van der Waals surface area contributed by atoms with Crippen molar-refractivity contribution in [3.05, 3.63) is 89.7 Å². The number of hydrogen-bond acceptors (Lipinski definition) is 6. The van der Waals surface area contributed by atoms with Gasteiger partial charge in [0.05, 0.1) is 11.2 Å². The van der Waals surface area contributed by atoms with Crippen LogP contribution in [0.2, 0.25) is 0 Å². The number of carbonyl (C=O) groups is 1. The summed E-state index contributed by atoms with van der Waals surface area (Å²) >= 11 is 0. The van der Waals surface area contributed by atoms with Gasteiger partial charge in [0.25, 0.3) is 5.91 Å². The Morgan fingerprint density at radius 1 is 1.09 bits per heavy atom. The van der Waals surface area contributed by atoms with E-state index in [1.54, 1.807) is 18.5 Å². The molecule has 1 N–H and O–H groups in total. The molecule has 1 amide bonds. The highest BCUT2D eigenvalue weighted by atomic mass is 16.5. The van der Waals surface area contributed by atoms with Crippen molar-refractivity contribution >= 4 is 16.8 Å². The van der Waals surface area contributed by atoms with Gasteiger partial charge in [0, 0.05) is 55.6 Å². The molecule has 32 heavy (non-hydrogen) atoms. The fourth-order valence-corrected chi connectivity index (χ4v) is 4.28. The second kappa shape index (κ2) is 9.28. The van der Waals surface area contributed by atoms with Gasteiger partial charge in [-0.2, -0.15) is 0 Å². The lowest BCUT2D eigenvalue weighted by Crippen LogP contribution is -2.34. The van der Waals surface area contributed by atoms with E-state index < -0.39 is 0 Å². The van der Waals surface area contributed by atoms with Crippen LogP contribution in [-0.2, 0) is 13.1 Å². The zero-order valence-corrected chi connectivity index (χ0v) is 17.8. The quantitative estimate of drug-likeness (QED) is 0.502. The third-order valence-corrected chi connectivity index (χ3v) is 5.95. The highest BCUT2D eigenvalue weighted by molar-refractivity contribution is 5.91. The van der Waals surface area contributed by atoms with E-state index >= 15 is 0 Å². The molecule has 1 aliphatic heterocycles. The van der Waals surface area contributed by atoms with Gasteiger partial charge in [0.1, 0.15) is 0 Å². The predicted octanol–water partition coefficient (Wildman–Crippen LogP) is 3.93. The summed E-state index contributed by atoms with van der Waals surface area (Å²) in [5.74, 6) is 0.266. The third-order valence-electron chi connectivity index (χ3n) is 5.95. The Kier molecular flexibility index (Phi) is 5.89. The van der Waals surface area contributed by atoms with Crippen molar-refractivity contribution in [2.24, 2.45) is 0 Å². The lowest BCUT2D eigenvalue weighted by atomic mass is 9.94. The van der Waals surface area contributed by atoms with Gasteiger partial charge in [0.2, 0.25) is 5.76 Å². The van der Waals surface area contributed by atoms with Gasteiger partial charge in [-0.1, -0.05) is 17.3 Å². The van der Waals surface area contributed by atoms with E-state index in [1.165, 1.54) is 5.56 Å². The Bertz CT molecular complexity index is 1210. The maximum atomic E-state index is 12.5. The molecule has 0 unspecified atom stereocenters. The molecule has 0 saturated carbocycles. The standard InChI is InChI=1S/C25H25N5O2/c31-25(28-15-18-7-10-26-11-8-18)24-14-23(29-32-24)21-4-2-12-30(17-21)16-19-5-6-22-20(13-19)3-1-9-27-22/h1,3,5-11,13-14,21H,2,4,12,15-17H2,(H,28,31)/t21-/m1/s1. The van der Waals surface area contributed by atoms with E-state index in [1.807, 2.05) is 24.4 Å². The normalized spacial score (nSPS) is 16.8. The molecule has 0 radical (unpaired) electrons. The van der Waals surface area contributed by atoms with E-state index in [0.29, 0.717) is 6.54 Å². The highest BCUT2D eigenvalue weighted by Gasteiger charge is 2.25. The van der Waals surface area contributed by atoms with Crippen LogP contribution < -0.4 is 5.32 Å². The first kappa shape index (κ1) is 20.3. The number of fused-ring (bicyclic) bond motifs is 1. The van der Waals surface area contributed by atoms with Crippen LogP contribution in [0.25, 0.3) is 10.9 Å². The van der Waals surface area contributed by atoms with Crippen LogP contribution in [0.15, 0.2) is 71.6 Å². The molecule has 162 valence electrons. The average molecular weight is 428 g/mol. The molecule has 1 aromatic carbocycles. The first-order valence-corrected chi connectivity index (χ1v) is 10.9. The molecule has 5 rings (SSSR count). The zero-order valence-electron chi connectivity index (χ0n) is 17.8. The van der Waals surface area contributed by atoms with E-state index in [2.05, 4.69) is 49.6 Å². The molecule has 1 saturated heterocycles. The largest absolute Gasteiger partial charge is 0.351 e. The van der Waals surface area contributed by atoms with Crippen LogP contribution >= 0.6 is 0 Å². The second-order valence-electron chi connectivity index (χ2n) is 8.26. The highest BCUT2D eigenvalue weighted by Crippen LogP contribution is 2.28. The van der Waals surface area contributed by atoms with E-state index in [0.717, 1.165) is 54.6 Å². The van der Waals surface area contributed by atoms with Crippen molar-refractivity contribution in [3.8, 4) is 0 Å². The number of nitrogens with zero attached hydrogens (tertiary/aromatic N) is 4. The van der Waals surface area contributed by atoms with Crippen molar-refractivity contribution in [2.45, 2.75) is 31.8 Å². The average Bonchev–Trinajstić information content (AvgIpc) is 3.34. The summed E-state index contributed by atoms with van der Waals surface area (Å²) in [6.45, 7) is 3.27. The zero-order chi connectivity index (χ0) is 21.8. The number of rotatable bonds is 6. The van der Waals surface area contributed by atoms with Gasteiger partial charge in [-0.15, -0.1) is 0 Å². The summed E-state index contributed by atoms with van der Waals surface area (Å²) in [7, 11) is 0. The monoisotopic (exact) mass is 427 g/mol. The summed E-state index contributed by atoms with van der Waals surface area (Å²) in [5, 5.41) is 8.25. The summed E-state index contributed by atoms with van der Waals surface area (Å²) < 4.78 is 5.37. The number of pyridine rings is 2. The number of likely N-dealkylation sites (tertiary alicyclic amines) is 1. The van der Waals surface area contributed by atoms with Gasteiger partial charge in [-0.05, 0) is 60.8 Å².